The van der Waals surface area contributed by atoms with Gasteiger partial charge in [-0.05, 0) is 42.2 Å². The molecule has 0 atom stereocenters. The molecule has 0 aliphatic rings. The van der Waals surface area contributed by atoms with E-state index < -0.39 is 0 Å². The first-order valence-corrected chi connectivity index (χ1v) is 5.63. The molecular formula is C15H15NO. The van der Waals surface area contributed by atoms with Crippen molar-refractivity contribution in [2.75, 3.05) is 0 Å². The predicted molar refractivity (Wildman–Crippen MR) is 69.2 cm³/mol. The van der Waals surface area contributed by atoms with Crippen molar-refractivity contribution < 1.29 is 4.79 Å². The van der Waals surface area contributed by atoms with E-state index in [1.165, 1.54) is 5.56 Å². The molecule has 0 N–H and O–H groups in total. The van der Waals surface area contributed by atoms with Gasteiger partial charge in [0.15, 0.2) is 5.78 Å². The number of pyridine rings is 1. The minimum Gasteiger partial charge on any atom is -0.293 e. The van der Waals surface area contributed by atoms with E-state index in [2.05, 4.69) is 24.0 Å². The van der Waals surface area contributed by atoms with E-state index in [-0.39, 0.29) is 5.78 Å². The highest BCUT2D eigenvalue weighted by molar-refractivity contribution is 5.93. The van der Waals surface area contributed by atoms with E-state index in [1.54, 1.807) is 13.1 Å². The summed E-state index contributed by atoms with van der Waals surface area (Å²) in [5.41, 5.74) is 5.06. The Morgan fingerprint density at radius 2 is 1.76 bits per heavy atom. The molecule has 86 valence electrons. The molecule has 2 nitrogen and oxygen atoms in total. The van der Waals surface area contributed by atoms with Crippen LogP contribution in [-0.4, -0.2) is 10.8 Å². The Morgan fingerprint density at radius 3 is 2.41 bits per heavy atom. The second-order valence-electron chi connectivity index (χ2n) is 4.26. The van der Waals surface area contributed by atoms with Crippen LogP contribution in [0.2, 0.25) is 0 Å². The SMILES string of the molecule is CC(=O)c1cc(-c2ccccc2C)c(C)cn1. The molecule has 2 heteroatoms. The summed E-state index contributed by atoms with van der Waals surface area (Å²) < 4.78 is 0. The third-order valence-corrected chi connectivity index (χ3v) is 2.90. The van der Waals surface area contributed by atoms with Gasteiger partial charge in [-0.25, -0.2) is 0 Å². The Balaban J connectivity index is 2.63. The van der Waals surface area contributed by atoms with E-state index in [9.17, 15) is 4.79 Å². The molecule has 1 aromatic heterocycles. The molecule has 2 aromatic rings. The van der Waals surface area contributed by atoms with Crippen LogP contribution >= 0.6 is 0 Å². The van der Waals surface area contributed by atoms with Crippen LogP contribution in [0.3, 0.4) is 0 Å². The number of ketones is 1. The molecule has 1 heterocycles. The monoisotopic (exact) mass is 225 g/mol. The van der Waals surface area contributed by atoms with Gasteiger partial charge in [0.05, 0.1) is 0 Å². The molecule has 0 unspecified atom stereocenters. The summed E-state index contributed by atoms with van der Waals surface area (Å²) in [7, 11) is 0. The molecule has 17 heavy (non-hydrogen) atoms. The number of hydrogen-bond donors (Lipinski definition) is 0. The Kier molecular flexibility index (Phi) is 3.05. The Morgan fingerprint density at radius 1 is 1.06 bits per heavy atom. The Bertz CT molecular complexity index is 573. The molecular weight excluding hydrogens is 210 g/mol. The number of carbonyl (C=O) groups is 1. The van der Waals surface area contributed by atoms with Gasteiger partial charge in [-0.1, -0.05) is 24.3 Å². The Labute approximate surface area is 101 Å². The fourth-order valence-corrected chi connectivity index (χ4v) is 1.88. The summed E-state index contributed by atoms with van der Waals surface area (Å²) in [5.74, 6) is -0.000154. The maximum Gasteiger partial charge on any atom is 0.178 e. The molecule has 0 amide bonds. The lowest BCUT2D eigenvalue weighted by Gasteiger charge is -2.09. The molecule has 1 aromatic carbocycles. The molecule has 0 aliphatic carbocycles. The highest BCUT2D eigenvalue weighted by atomic mass is 16.1. The molecule has 0 saturated carbocycles. The summed E-state index contributed by atoms with van der Waals surface area (Å²) in [6.07, 6.45) is 1.76. The standard InChI is InChI=1S/C15H15NO/c1-10-6-4-5-7-13(10)14-8-15(12(3)17)16-9-11(14)2/h4-9H,1-3H3. The third-order valence-electron chi connectivity index (χ3n) is 2.90. The lowest BCUT2D eigenvalue weighted by atomic mass is 9.97. The fourth-order valence-electron chi connectivity index (χ4n) is 1.88. The molecule has 0 radical (unpaired) electrons. The van der Waals surface area contributed by atoms with Gasteiger partial charge in [-0.3, -0.25) is 9.78 Å². The van der Waals surface area contributed by atoms with Crippen LogP contribution in [0.25, 0.3) is 11.1 Å². The molecule has 0 spiro atoms. The molecule has 0 bridgehead atoms. The summed E-state index contributed by atoms with van der Waals surface area (Å²) in [6.45, 7) is 5.63. The number of aryl methyl sites for hydroxylation is 2. The van der Waals surface area contributed by atoms with E-state index >= 15 is 0 Å². The predicted octanol–water partition coefficient (Wildman–Crippen LogP) is 3.57. The number of benzene rings is 1. The summed E-state index contributed by atoms with van der Waals surface area (Å²) >= 11 is 0. The van der Waals surface area contributed by atoms with Gasteiger partial charge in [0.2, 0.25) is 0 Å². The molecule has 0 fully saturated rings. The van der Waals surface area contributed by atoms with Crippen LogP contribution in [-0.2, 0) is 0 Å². The zero-order chi connectivity index (χ0) is 12.4. The minimum absolute atomic E-state index is 0.000154. The van der Waals surface area contributed by atoms with Gasteiger partial charge in [-0.2, -0.15) is 0 Å². The van der Waals surface area contributed by atoms with Crippen molar-refractivity contribution in [3.63, 3.8) is 0 Å². The normalized spacial score (nSPS) is 10.3. The van der Waals surface area contributed by atoms with Crippen LogP contribution in [0.1, 0.15) is 28.5 Å². The smallest absolute Gasteiger partial charge is 0.178 e. The summed E-state index contributed by atoms with van der Waals surface area (Å²) in [4.78, 5) is 15.5. The van der Waals surface area contributed by atoms with E-state index in [1.807, 2.05) is 25.1 Å². The molecule has 0 saturated heterocycles. The number of aromatic nitrogens is 1. The molecule has 0 aliphatic heterocycles. The van der Waals surface area contributed by atoms with Crippen LogP contribution in [0.15, 0.2) is 36.5 Å². The average molecular weight is 225 g/mol. The number of Topliss-reactive ketones (excluding diaryl/α,β-unsaturated/α-hetero) is 1. The highest BCUT2D eigenvalue weighted by Crippen LogP contribution is 2.26. The Hall–Kier alpha value is -1.96. The van der Waals surface area contributed by atoms with Gasteiger partial charge in [0, 0.05) is 13.1 Å². The maximum absolute atomic E-state index is 11.4. The van der Waals surface area contributed by atoms with Gasteiger partial charge >= 0.3 is 0 Å². The van der Waals surface area contributed by atoms with Crippen molar-refractivity contribution >= 4 is 5.78 Å². The van der Waals surface area contributed by atoms with Gasteiger partial charge in [-0.15, -0.1) is 0 Å². The van der Waals surface area contributed by atoms with Crippen LogP contribution < -0.4 is 0 Å². The topological polar surface area (TPSA) is 30.0 Å². The van der Waals surface area contributed by atoms with Crippen LogP contribution in [0.4, 0.5) is 0 Å². The van der Waals surface area contributed by atoms with E-state index in [0.29, 0.717) is 5.69 Å². The number of nitrogens with zero attached hydrogens (tertiary/aromatic N) is 1. The largest absolute Gasteiger partial charge is 0.293 e. The van der Waals surface area contributed by atoms with Crippen molar-refractivity contribution in [3.8, 4) is 11.1 Å². The second kappa shape index (κ2) is 4.50. The van der Waals surface area contributed by atoms with Gasteiger partial charge in [0.25, 0.3) is 0 Å². The van der Waals surface area contributed by atoms with Crippen molar-refractivity contribution in [3.05, 3.63) is 53.3 Å². The zero-order valence-electron chi connectivity index (χ0n) is 10.3. The highest BCUT2D eigenvalue weighted by Gasteiger charge is 2.08. The summed E-state index contributed by atoms with van der Waals surface area (Å²) in [5, 5.41) is 0. The first kappa shape index (κ1) is 11.5. The average Bonchev–Trinajstić information content (AvgIpc) is 2.30. The van der Waals surface area contributed by atoms with Crippen LogP contribution in [0.5, 0.6) is 0 Å². The van der Waals surface area contributed by atoms with Crippen LogP contribution in [0, 0.1) is 13.8 Å². The molecule has 2 rings (SSSR count). The van der Waals surface area contributed by atoms with Crippen molar-refractivity contribution in [1.82, 2.24) is 4.98 Å². The van der Waals surface area contributed by atoms with Gasteiger partial charge in [0.1, 0.15) is 5.69 Å². The first-order chi connectivity index (χ1) is 8.09. The second-order valence-corrected chi connectivity index (χ2v) is 4.26. The maximum atomic E-state index is 11.4. The lowest BCUT2D eigenvalue weighted by Crippen LogP contribution is -1.98. The van der Waals surface area contributed by atoms with E-state index in [4.69, 9.17) is 0 Å². The van der Waals surface area contributed by atoms with E-state index in [0.717, 1.165) is 16.7 Å². The first-order valence-electron chi connectivity index (χ1n) is 5.63. The van der Waals surface area contributed by atoms with Crippen molar-refractivity contribution in [2.24, 2.45) is 0 Å². The number of rotatable bonds is 2. The fraction of sp³-hybridized carbons (Fsp3) is 0.200. The number of hydrogen-bond acceptors (Lipinski definition) is 2. The lowest BCUT2D eigenvalue weighted by molar-refractivity contribution is 0.101. The summed E-state index contributed by atoms with van der Waals surface area (Å²) in [6, 6.07) is 10.0. The van der Waals surface area contributed by atoms with Crippen molar-refractivity contribution in [1.29, 1.82) is 0 Å². The minimum atomic E-state index is -0.000154. The van der Waals surface area contributed by atoms with Crippen molar-refractivity contribution in [2.45, 2.75) is 20.8 Å². The third kappa shape index (κ3) is 2.26. The van der Waals surface area contributed by atoms with Gasteiger partial charge < -0.3 is 0 Å². The zero-order valence-corrected chi connectivity index (χ0v) is 10.3. The number of carbonyl (C=O) groups excluding carboxylic acids is 1. The quantitative estimate of drug-likeness (QED) is 0.731.